The van der Waals surface area contributed by atoms with Gasteiger partial charge in [0.2, 0.25) is 5.24 Å². The fourth-order valence-corrected chi connectivity index (χ4v) is 1.74. The molecule has 1 aromatic heterocycles. The van der Waals surface area contributed by atoms with Crippen LogP contribution in [0.25, 0.3) is 0 Å². The molecule has 0 aliphatic rings. The Morgan fingerprint density at radius 1 is 1.64 bits per heavy atom. The van der Waals surface area contributed by atoms with Gasteiger partial charge in [0.1, 0.15) is 0 Å². The third-order valence-electron chi connectivity index (χ3n) is 1.63. The SMILES string of the molecule is CC(C)(C(=O)Cl)c1cccs1. The number of carbonyl (C=O) groups excluding carboxylic acids is 1. The van der Waals surface area contributed by atoms with Gasteiger partial charge in [-0.2, -0.15) is 0 Å². The Morgan fingerprint density at radius 3 is 2.64 bits per heavy atom. The van der Waals surface area contributed by atoms with Crippen molar-refractivity contribution < 1.29 is 4.79 Å². The molecule has 0 radical (unpaired) electrons. The quantitative estimate of drug-likeness (QED) is 0.653. The lowest BCUT2D eigenvalue weighted by molar-refractivity contribution is -0.115. The third kappa shape index (κ3) is 1.63. The van der Waals surface area contributed by atoms with Crippen LogP contribution in [0.3, 0.4) is 0 Å². The van der Waals surface area contributed by atoms with E-state index < -0.39 is 5.41 Å². The Morgan fingerprint density at radius 2 is 2.27 bits per heavy atom. The number of carbonyl (C=O) groups is 1. The Hall–Kier alpha value is -0.340. The van der Waals surface area contributed by atoms with E-state index in [1.165, 1.54) is 0 Å². The molecule has 1 heterocycles. The Kier molecular flexibility index (Phi) is 2.35. The van der Waals surface area contributed by atoms with Gasteiger partial charge < -0.3 is 0 Å². The van der Waals surface area contributed by atoms with Gasteiger partial charge in [-0.1, -0.05) is 6.07 Å². The second-order valence-corrected chi connectivity index (χ2v) is 4.17. The van der Waals surface area contributed by atoms with Gasteiger partial charge in [0.15, 0.2) is 0 Å². The van der Waals surface area contributed by atoms with Crippen LogP contribution in [0.5, 0.6) is 0 Å². The molecular formula is C8H9ClOS. The summed E-state index contributed by atoms with van der Waals surface area (Å²) >= 11 is 6.98. The molecule has 0 aliphatic heterocycles. The minimum absolute atomic E-state index is 0.306. The van der Waals surface area contributed by atoms with Crippen LogP contribution in [0, 0.1) is 0 Å². The lowest BCUT2D eigenvalue weighted by Crippen LogP contribution is -2.23. The van der Waals surface area contributed by atoms with Gasteiger partial charge in [-0.3, -0.25) is 4.79 Å². The molecule has 1 nitrogen and oxygen atoms in total. The van der Waals surface area contributed by atoms with Crippen molar-refractivity contribution >= 4 is 28.2 Å². The third-order valence-corrected chi connectivity index (χ3v) is 3.29. The monoisotopic (exact) mass is 188 g/mol. The predicted octanol–water partition coefficient (Wildman–Crippen LogP) is 2.79. The maximum atomic E-state index is 10.9. The highest BCUT2D eigenvalue weighted by atomic mass is 35.5. The van der Waals surface area contributed by atoms with Crippen LogP contribution in [0.4, 0.5) is 0 Å². The molecule has 0 atom stereocenters. The fourth-order valence-electron chi connectivity index (χ4n) is 0.731. The first kappa shape index (κ1) is 8.75. The average Bonchev–Trinajstić information content (AvgIpc) is 2.37. The normalized spacial score (nSPS) is 11.5. The van der Waals surface area contributed by atoms with Crippen LogP contribution in [-0.2, 0) is 10.2 Å². The van der Waals surface area contributed by atoms with Crippen molar-refractivity contribution in [3.63, 3.8) is 0 Å². The van der Waals surface area contributed by atoms with Crippen LogP contribution in [0.15, 0.2) is 17.5 Å². The number of rotatable bonds is 2. The smallest absolute Gasteiger partial charge is 0.232 e. The molecular weight excluding hydrogens is 180 g/mol. The van der Waals surface area contributed by atoms with Crippen LogP contribution < -0.4 is 0 Å². The van der Waals surface area contributed by atoms with E-state index >= 15 is 0 Å². The van der Waals surface area contributed by atoms with Crippen LogP contribution >= 0.6 is 22.9 Å². The molecule has 1 aromatic rings. The van der Waals surface area contributed by atoms with E-state index in [4.69, 9.17) is 11.6 Å². The predicted molar refractivity (Wildman–Crippen MR) is 48.2 cm³/mol. The van der Waals surface area contributed by atoms with E-state index in [-0.39, 0.29) is 5.24 Å². The van der Waals surface area contributed by atoms with E-state index in [2.05, 4.69) is 0 Å². The largest absolute Gasteiger partial charge is 0.280 e. The first-order valence-electron chi connectivity index (χ1n) is 3.29. The summed E-state index contributed by atoms with van der Waals surface area (Å²) in [6.45, 7) is 3.66. The highest BCUT2D eigenvalue weighted by molar-refractivity contribution is 7.10. The van der Waals surface area contributed by atoms with Crippen molar-refractivity contribution in [1.82, 2.24) is 0 Å². The number of thiophene rings is 1. The van der Waals surface area contributed by atoms with Gasteiger partial charge in [0.05, 0.1) is 5.41 Å². The Labute approximate surface area is 75.0 Å². The summed E-state index contributed by atoms with van der Waals surface area (Å²) in [5, 5.41) is 1.64. The molecule has 0 aromatic carbocycles. The van der Waals surface area contributed by atoms with Gasteiger partial charge in [-0.05, 0) is 36.9 Å². The summed E-state index contributed by atoms with van der Waals surface area (Å²) < 4.78 is 0. The number of hydrogen-bond acceptors (Lipinski definition) is 2. The van der Waals surface area contributed by atoms with Crippen LogP contribution in [0.2, 0.25) is 0 Å². The van der Waals surface area contributed by atoms with Crippen molar-refractivity contribution in [3.8, 4) is 0 Å². The van der Waals surface area contributed by atoms with Gasteiger partial charge >= 0.3 is 0 Å². The molecule has 60 valence electrons. The van der Waals surface area contributed by atoms with Crippen molar-refractivity contribution in [2.75, 3.05) is 0 Å². The lowest BCUT2D eigenvalue weighted by Gasteiger charge is -2.16. The summed E-state index contributed by atoms with van der Waals surface area (Å²) in [5.74, 6) is 0. The zero-order chi connectivity index (χ0) is 8.48. The molecule has 0 spiro atoms. The molecule has 0 saturated carbocycles. The zero-order valence-corrected chi connectivity index (χ0v) is 8.00. The molecule has 0 fully saturated rings. The molecule has 0 bridgehead atoms. The molecule has 0 aliphatic carbocycles. The summed E-state index contributed by atoms with van der Waals surface area (Å²) in [4.78, 5) is 11.9. The molecule has 0 saturated heterocycles. The number of hydrogen-bond donors (Lipinski definition) is 0. The van der Waals surface area contributed by atoms with E-state index in [1.54, 1.807) is 11.3 Å². The van der Waals surface area contributed by atoms with Gasteiger partial charge in [-0.25, -0.2) is 0 Å². The van der Waals surface area contributed by atoms with E-state index in [1.807, 2.05) is 31.4 Å². The Bertz CT molecular complexity index is 251. The molecule has 11 heavy (non-hydrogen) atoms. The van der Waals surface area contributed by atoms with Crippen molar-refractivity contribution in [3.05, 3.63) is 22.4 Å². The van der Waals surface area contributed by atoms with Gasteiger partial charge in [-0.15, -0.1) is 11.3 Å². The summed E-state index contributed by atoms with van der Waals surface area (Å²) in [6, 6.07) is 3.84. The van der Waals surface area contributed by atoms with E-state index in [0.717, 1.165) is 4.88 Å². The Balaban J connectivity index is 3.00. The molecule has 3 heteroatoms. The van der Waals surface area contributed by atoms with Crippen LogP contribution in [-0.4, -0.2) is 5.24 Å². The molecule has 0 N–H and O–H groups in total. The fraction of sp³-hybridized carbons (Fsp3) is 0.375. The standard InChI is InChI=1S/C8H9ClOS/c1-8(2,7(9)10)6-4-3-5-11-6/h3-5H,1-2H3. The highest BCUT2D eigenvalue weighted by Gasteiger charge is 2.28. The first-order chi connectivity index (χ1) is 5.05. The maximum absolute atomic E-state index is 10.9. The van der Waals surface area contributed by atoms with Gasteiger partial charge in [0.25, 0.3) is 0 Å². The summed E-state index contributed by atoms with van der Waals surface area (Å²) in [7, 11) is 0. The number of halogens is 1. The van der Waals surface area contributed by atoms with Gasteiger partial charge in [0, 0.05) is 4.88 Å². The average molecular weight is 189 g/mol. The summed E-state index contributed by atoms with van der Waals surface area (Å²) in [6.07, 6.45) is 0. The highest BCUT2D eigenvalue weighted by Crippen LogP contribution is 2.29. The molecule has 0 amide bonds. The molecule has 1 rings (SSSR count). The topological polar surface area (TPSA) is 17.1 Å². The zero-order valence-electron chi connectivity index (χ0n) is 6.43. The second kappa shape index (κ2) is 2.95. The minimum Gasteiger partial charge on any atom is -0.280 e. The van der Waals surface area contributed by atoms with Crippen LogP contribution in [0.1, 0.15) is 18.7 Å². The summed E-state index contributed by atoms with van der Waals surface area (Å²) in [5.41, 5.74) is -0.532. The maximum Gasteiger partial charge on any atom is 0.232 e. The van der Waals surface area contributed by atoms with Crippen molar-refractivity contribution in [2.45, 2.75) is 19.3 Å². The van der Waals surface area contributed by atoms with Crippen molar-refractivity contribution in [1.29, 1.82) is 0 Å². The molecule has 0 unspecified atom stereocenters. The first-order valence-corrected chi connectivity index (χ1v) is 4.55. The minimum atomic E-state index is -0.532. The van der Waals surface area contributed by atoms with E-state index in [0.29, 0.717) is 0 Å². The second-order valence-electron chi connectivity index (χ2n) is 2.88. The van der Waals surface area contributed by atoms with E-state index in [9.17, 15) is 4.79 Å². The van der Waals surface area contributed by atoms with Crippen molar-refractivity contribution in [2.24, 2.45) is 0 Å². The lowest BCUT2D eigenvalue weighted by atomic mass is 9.94.